The highest BCUT2D eigenvalue weighted by Crippen LogP contribution is 2.13. The highest BCUT2D eigenvalue weighted by atomic mass is 127. The van der Waals surface area contributed by atoms with Crippen LogP contribution in [0.15, 0.2) is 6.20 Å². The fraction of sp³-hybridized carbons (Fsp3) is 0.250. The molecule has 1 aromatic rings. The number of aromatic nitrogens is 1. The zero-order chi connectivity index (χ0) is 5.28. The van der Waals surface area contributed by atoms with E-state index < -0.39 is 0 Å². The van der Waals surface area contributed by atoms with Crippen LogP contribution in [0.25, 0.3) is 0 Å². The molecule has 0 aliphatic carbocycles. The Morgan fingerprint density at radius 2 is 2.57 bits per heavy atom. The first kappa shape index (κ1) is 5.50. The number of rotatable bonds is 0. The Labute approximate surface area is 60.1 Å². The predicted octanol–water partition coefficient (Wildman–Crippen LogP) is 2.06. The predicted molar refractivity (Wildman–Crippen MR) is 39.6 cm³/mol. The standard InChI is InChI=1S/C4H4INS/c1-3-2-6-7-4(3)5/h2H,1H3. The van der Waals surface area contributed by atoms with Crippen molar-refractivity contribution in [1.82, 2.24) is 4.37 Å². The molecule has 0 spiro atoms. The van der Waals surface area contributed by atoms with Crippen molar-refractivity contribution in [3.63, 3.8) is 0 Å². The summed E-state index contributed by atoms with van der Waals surface area (Å²) in [6.45, 7) is 2.06. The molecule has 1 nitrogen and oxygen atoms in total. The molecule has 0 unspecified atom stereocenters. The zero-order valence-corrected chi connectivity index (χ0v) is 6.78. The zero-order valence-electron chi connectivity index (χ0n) is 3.81. The van der Waals surface area contributed by atoms with Gasteiger partial charge in [-0.15, -0.1) is 0 Å². The van der Waals surface area contributed by atoms with Crippen LogP contribution in [0.1, 0.15) is 5.56 Å². The van der Waals surface area contributed by atoms with Gasteiger partial charge in [0.1, 0.15) is 0 Å². The maximum absolute atomic E-state index is 3.96. The van der Waals surface area contributed by atoms with Gasteiger partial charge < -0.3 is 0 Å². The van der Waals surface area contributed by atoms with Gasteiger partial charge in [-0.3, -0.25) is 0 Å². The van der Waals surface area contributed by atoms with E-state index in [-0.39, 0.29) is 0 Å². The van der Waals surface area contributed by atoms with Gasteiger partial charge in [0.2, 0.25) is 0 Å². The molecule has 1 heterocycles. The first-order valence-corrected chi connectivity index (χ1v) is 3.72. The molecule has 7 heavy (non-hydrogen) atoms. The summed E-state index contributed by atoms with van der Waals surface area (Å²) in [7, 11) is 0. The molecule has 0 fully saturated rings. The molecule has 0 saturated heterocycles. The molecular formula is C4H4INS. The van der Waals surface area contributed by atoms with Crippen LogP contribution in [0.3, 0.4) is 0 Å². The lowest BCUT2D eigenvalue weighted by atomic mass is 10.5. The van der Waals surface area contributed by atoms with Crippen LogP contribution in [-0.2, 0) is 0 Å². The molecule has 0 radical (unpaired) electrons. The average Bonchev–Trinajstić information content (AvgIpc) is 1.91. The van der Waals surface area contributed by atoms with E-state index in [4.69, 9.17) is 0 Å². The van der Waals surface area contributed by atoms with Crippen molar-refractivity contribution in [1.29, 1.82) is 0 Å². The third-order valence-corrected chi connectivity index (χ3v) is 2.82. The monoisotopic (exact) mass is 225 g/mol. The SMILES string of the molecule is Cc1cnsc1I. The van der Waals surface area contributed by atoms with Crippen molar-refractivity contribution in [2.75, 3.05) is 0 Å². The highest BCUT2D eigenvalue weighted by molar-refractivity contribution is 14.1. The molecule has 1 rings (SSSR count). The van der Waals surface area contributed by atoms with E-state index in [1.807, 2.05) is 6.20 Å². The lowest BCUT2D eigenvalue weighted by molar-refractivity contribution is 1.44. The molecule has 3 heteroatoms. The second kappa shape index (κ2) is 2.09. The second-order valence-corrected chi connectivity index (χ2v) is 3.89. The molecular weight excluding hydrogens is 221 g/mol. The van der Waals surface area contributed by atoms with Crippen LogP contribution in [0.2, 0.25) is 0 Å². The minimum absolute atomic E-state index is 1.28. The average molecular weight is 225 g/mol. The molecule has 0 amide bonds. The molecule has 0 aliphatic rings. The molecule has 0 saturated carbocycles. The van der Waals surface area contributed by atoms with Crippen LogP contribution >= 0.6 is 34.1 Å². The Bertz CT molecular complexity index is 144. The van der Waals surface area contributed by atoms with Crippen molar-refractivity contribution >= 4 is 34.1 Å². The lowest BCUT2D eigenvalue weighted by Gasteiger charge is -1.74. The van der Waals surface area contributed by atoms with E-state index in [0.717, 1.165) is 0 Å². The molecule has 1 aromatic heterocycles. The van der Waals surface area contributed by atoms with Gasteiger partial charge in [0.05, 0.1) is 2.88 Å². The van der Waals surface area contributed by atoms with Crippen molar-refractivity contribution in [2.24, 2.45) is 0 Å². The number of hydrogen-bond acceptors (Lipinski definition) is 2. The van der Waals surface area contributed by atoms with Crippen molar-refractivity contribution in [2.45, 2.75) is 6.92 Å². The van der Waals surface area contributed by atoms with Gasteiger partial charge in [-0.25, -0.2) is 0 Å². The van der Waals surface area contributed by atoms with Crippen molar-refractivity contribution in [3.8, 4) is 0 Å². The molecule has 38 valence electrons. The van der Waals surface area contributed by atoms with Gasteiger partial charge in [-0.05, 0) is 46.6 Å². The Morgan fingerprint density at radius 3 is 2.71 bits per heavy atom. The maximum Gasteiger partial charge on any atom is 0.0889 e. The molecule has 0 atom stereocenters. The van der Waals surface area contributed by atoms with Crippen LogP contribution in [0.5, 0.6) is 0 Å². The fourth-order valence-corrected chi connectivity index (χ4v) is 1.25. The Morgan fingerprint density at radius 1 is 1.86 bits per heavy atom. The summed E-state index contributed by atoms with van der Waals surface area (Å²) in [6.07, 6.45) is 1.88. The van der Waals surface area contributed by atoms with Gasteiger partial charge in [0, 0.05) is 6.20 Å². The molecule has 0 bridgehead atoms. The number of halogens is 1. The summed E-state index contributed by atoms with van der Waals surface area (Å²) in [4.78, 5) is 0. The third-order valence-electron chi connectivity index (χ3n) is 0.689. The normalized spacial score (nSPS) is 9.43. The van der Waals surface area contributed by atoms with Gasteiger partial charge in [-0.2, -0.15) is 4.37 Å². The highest BCUT2D eigenvalue weighted by Gasteiger charge is 1.91. The van der Waals surface area contributed by atoms with Crippen molar-refractivity contribution < 1.29 is 0 Å². The first-order valence-electron chi connectivity index (χ1n) is 1.87. The number of aryl methyl sites for hydroxylation is 1. The van der Waals surface area contributed by atoms with E-state index >= 15 is 0 Å². The maximum atomic E-state index is 3.96. The minimum Gasteiger partial charge on any atom is -0.200 e. The number of nitrogens with zero attached hydrogens (tertiary/aromatic N) is 1. The minimum atomic E-state index is 1.28. The Hall–Kier alpha value is 0.360. The summed E-state index contributed by atoms with van der Waals surface area (Å²) in [5.74, 6) is 0. The first-order chi connectivity index (χ1) is 3.30. The molecule has 0 aromatic carbocycles. The van der Waals surface area contributed by atoms with Crippen LogP contribution < -0.4 is 0 Å². The lowest BCUT2D eigenvalue weighted by Crippen LogP contribution is -1.60. The third kappa shape index (κ3) is 1.13. The number of hydrogen-bond donors (Lipinski definition) is 0. The molecule has 0 N–H and O–H groups in total. The largest absolute Gasteiger partial charge is 0.200 e. The van der Waals surface area contributed by atoms with Gasteiger partial charge in [0.25, 0.3) is 0 Å². The quantitative estimate of drug-likeness (QED) is 0.616. The second-order valence-electron chi connectivity index (χ2n) is 1.28. The fourth-order valence-electron chi connectivity index (χ4n) is 0.274. The van der Waals surface area contributed by atoms with Crippen LogP contribution in [0.4, 0.5) is 0 Å². The van der Waals surface area contributed by atoms with Crippen LogP contribution in [0, 0.1) is 9.81 Å². The van der Waals surface area contributed by atoms with E-state index in [0.29, 0.717) is 0 Å². The molecule has 0 aliphatic heterocycles. The smallest absolute Gasteiger partial charge is 0.0889 e. The summed E-state index contributed by atoms with van der Waals surface area (Å²) < 4.78 is 5.24. The van der Waals surface area contributed by atoms with Crippen LogP contribution in [-0.4, -0.2) is 4.37 Å². The van der Waals surface area contributed by atoms with E-state index in [2.05, 4.69) is 33.9 Å². The summed E-state index contributed by atoms with van der Waals surface area (Å²) >= 11 is 3.82. The van der Waals surface area contributed by atoms with Gasteiger partial charge >= 0.3 is 0 Å². The van der Waals surface area contributed by atoms with E-state index in [1.165, 1.54) is 8.45 Å². The van der Waals surface area contributed by atoms with E-state index in [1.54, 1.807) is 11.5 Å². The van der Waals surface area contributed by atoms with E-state index in [9.17, 15) is 0 Å². The summed E-state index contributed by atoms with van der Waals surface area (Å²) in [6, 6.07) is 0. The topological polar surface area (TPSA) is 12.9 Å². The van der Waals surface area contributed by atoms with Gasteiger partial charge in [0.15, 0.2) is 0 Å². The Balaban J connectivity index is 3.12. The summed E-state index contributed by atoms with van der Waals surface area (Å²) in [5, 5.41) is 0. The van der Waals surface area contributed by atoms with Crippen molar-refractivity contribution in [3.05, 3.63) is 14.6 Å². The van der Waals surface area contributed by atoms with Gasteiger partial charge in [-0.1, -0.05) is 0 Å². The summed E-state index contributed by atoms with van der Waals surface area (Å²) in [5.41, 5.74) is 1.28. The Kier molecular flexibility index (Phi) is 1.64.